The third-order valence-electron chi connectivity index (χ3n) is 5.22. The van der Waals surface area contributed by atoms with Crippen molar-refractivity contribution in [3.05, 3.63) is 26.6 Å². The van der Waals surface area contributed by atoms with E-state index in [4.69, 9.17) is 0 Å². The fourth-order valence-electron chi connectivity index (χ4n) is 3.82. The molecule has 0 saturated carbocycles. The van der Waals surface area contributed by atoms with Crippen LogP contribution in [0.25, 0.3) is 10.2 Å². The molecule has 4 heterocycles. The number of amides is 1. The molecule has 4 rings (SSSR count). The zero-order valence-electron chi connectivity index (χ0n) is 14.1. The molecule has 0 aromatic carbocycles. The molecule has 0 radical (unpaired) electrons. The lowest BCUT2D eigenvalue weighted by Gasteiger charge is -2.32. The summed E-state index contributed by atoms with van der Waals surface area (Å²) < 4.78 is 1.77. The predicted molar refractivity (Wildman–Crippen MR) is 94.9 cm³/mol. The lowest BCUT2D eigenvalue weighted by Crippen LogP contribution is -2.46. The highest BCUT2D eigenvalue weighted by Crippen LogP contribution is 2.30. The maximum Gasteiger partial charge on any atom is 0.264 e. The summed E-state index contributed by atoms with van der Waals surface area (Å²) in [5.74, 6) is 0.904. The van der Waals surface area contributed by atoms with E-state index < -0.39 is 0 Å². The fourth-order valence-corrected chi connectivity index (χ4v) is 4.98. The minimum atomic E-state index is 0.0204. The highest BCUT2D eigenvalue weighted by Gasteiger charge is 2.28. The van der Waals surface area contributed by atoms with Crippen molar-refractivity contribution >= 4 is 27.5 Å². The number of nitrogens with zero attached hydrogens (tertiary/aromatic N) is 3. The average molecular weight is 346 g/mol. The Labute approximate surface area is 144 Å². The number of hydrogen-bond donors (Lipinski definition) is 1. The van der Waals surface area contributed by atoms with Crippen molar-refractivity contribution in [1.29, 1.82) is 0 Å². The fraction of sp³-hybridized carbons (Fsp3) is 0.588. The predicted octanol–water partition coefficient (Wildman–Crippen LogP) is 1.54. The van der Waals surface area contributed by atoms with Gasteiger partial charge in [-0.3, -0.25) is 14.2 Å². The number of carbonyl (C=O) groups is 1. The van der Waals surface area contributed by atoms with E-state index in [-0.39, 0.29) is 11.5 Å². The molecule has 0 spiro atoms. The number of fused-ring (bicyclic) bond motifs is 2. The number of piperidine rings is 1. The maximum atomic E-state index is 13.0. The lowest BCUT2D eigenvalue weighted by molar-refractivity contribution is 0.0702. The molecule has 2 aromatic heterocycles. The molecule has 1 saturated heterocycles. The van der Waals surface area contributed by atoms with Crippen molar-refractivity contribution in [1.82, 2.24) is 19.8 Å². The summed E-state index contributed by atoms with van der Waals surface area (Å²) in [4.78, 5) is 33.7. The molecule has 2 aliphatic heterocycles. The average Bonchev–Trinajstić information content (AvgIpc) is 3.19. The van der Waals surface area contributed by atoms with Crippen LogP contribution in [0.3, 0.4) is 0 Å². The minimum absolute atomic E-state index is 0.0204. The first-order valence-electron chi connectivity index (χ1n) is 8.59. The van der Waals surface area contributed by atoms with Crippen LogP contribution in [0.15, 0.2) is 4.79 Å². The van der Waals surface area contributed by atoms with Crippen LogP contribution in [-0.2, 0) is 13.0 Å². The number of nitrogens with one attached hydrogen (secondary N) is 1. The Hall–Kier alpha value is -1.73. The SMILES string of the molecule is CNC1CCCN(C(=O)c2sc3nc4n(c(=O)c3c2C)CCC4)C1. The van der Waals surface area contributed by atoms with Crippen LogP contribution < -0.4 is 10.9 Å². The Morgan fingerprint density at radius 2 is 2.17 bits per heavy atom. The molecule has 1 unspecified atom stereocenters. The van der Waals surface area contributed by atoms with E-state index in [2.05, 4.69) is 10.3 Å². The van der Waals surface area contributed by atoms with Gasteiger partial charge in [0.05, 0.1) is 10.3 Å². The minimum Gasteiger partial charge on any atom is -0.336 e. The number of carbonyl (C=O) groups excluding carboxylic acids is 1. The summed E-state index contributed by atoms with van der Waals surface area (Å²) >= 11 is 1.38. The van der Waals surface area contributed by atoms with E-state index in [1.165, 1.54) is 11.3 Å². The lowest BCUT2D eigenvalue weighted by atomic mass is 10.1. The molecule has 1 atom stereocenters. The summed E-state index contributed by atoms with van der Waals surface area (Å²) in [5.41, 5.74) is 0.818. The molecule has 6 nitrogen and oxygen atoms in total. The highest BCUT2D eigenvalue weighted by molar-refractivity contribution is 7.20. The zero-order valence-corrected chi connectivity index (χ0v) is 14.9. The van der Waals surface area contributed by atoms with E-state index in [0.29, 0.717) is 16.3 Å². The van der Waals surface area contributed by atoms with Crippen molar-refractivity contribution in [2.24, 2.45) is 0 Å². The summed E-state index contributed by atoms with van der Waals surface area (Å²) in [5, 5.41) is 3.90. The van der Waals surface area contributed by atoms with Crippen LogP contribution in [0, 0.1) is 6.92 Å². The molecular weight excluding hydrogens is 324 g/mol. The van der Waals surface area contributed by atoms with Crippen LogP contribution >= 0.6 is 11.3 Å². The third-order valence-corrected chi connectivity index (χ3v) is 6.40. The van der Waals surface area contributed by atoms with Crippen LogP contribution in [0.1, 0.15) is 40.3 Å². The normalized spacial score (nSPS) is 20.6. The molecule has 24 heavy (non-hydrogen) atoms. The van der Waals surface area contributed by atoms with Crippen molar-refractivity contribution in [3.63, 3.8) is 0 Å². The van der Waals surface area contributed by atoms with Gasteiger partial charge in [0, 0.05) is 32.1 Å². The molecule has 7 heteroatoms. The number of thiophene rings is 1. The van der Waals surface area contributed by atoms with Crippen molar-refractivity contribution in [2.75, 3.05) is 20.1 Å². The van der Waals surface area contributed by atoms with E-state index in [1.54, 1.807) is 4.57 Å². The van der Waals surface area contributed by atoms with E-state index in [1.807, 2.05) is 18.9 Å². The second-order valence-corrected chi connectivity index (χ2v) is 7.70. The van der Waals surface area contributed by atoms with Crippen molar-refractivity contribution < 1.29 is 4.79 Å². The molecular formula is C17H22N4O2S. The number of likely N-dealkylation sites (N-methyl/N-ethyl adjacent to an activating group) is 1. The number of likely N-dealkylation sites (tertiary alicyclic amines) is 1. The summed E-state index contributed by atoms with van der Waals surface area (Å²) in [7, 11) is 1.94. The van der Waals surface area contributed by atoms with E-state index in [9.17, 15) is 9.59 Å². The molecule has 1 amide bonds. The second-order valence-electron chi connectivity index (χ2n) is 6.70. The Morgan fingerprint density at radius 1 is 1.33 bits per heavy atom. The molecule has 0 bridgehead atoms. The summed E-state index contributed by atoms with van der Waals surface area (Å²) in [6.07, 6.45) is 3.93. The van der Waals surface area contributed by atoms with Gasteiger partial charge in [0.25, 0.3) is 11.5 Å². The Balaban J connectivity index is 1.75. The number of aryl methyl sites for hydroxylation is 2. The van der Waals surface area contributed by atoms with Crippen LogP contribution in [0.2, 0.25) is 0 Å². The van der Waals surface area contributed by atoms with E-state index >= 15 is 0 Å². The summed E-state index contributed by atoms with van der Waals surface area (Å²) in [6.45, 7) is 4.14. The molecule has 1 N–H and O–H groups in total. The van der Waals surface area contributed by atoms with Crippen LogP contribution in [0.4, 0.5) is 0 Å². The molecule has 0 aliphatic carbocycles. The van der Waals surface area contributed by atoms with Gasteiger partial charge in [0.15, 0.2) is 0 Å². The van der Waals surface area contributed by atoms with E-state index in [0.717, 1.165) is 61.5 Å². The smallest absolute Gasteiger partial charge is 0.264 e. The Bertz CT molecular complexity index is 870. The third kappa shape index (κ3) is 2.38. The second kappa shape index (κ2) is 5.97. The van der Waals surface area contributed by atoms with Gasteiger partial charge in [-0.15, -0.1) is 11.3 Å². The molecule has 128 valence electrons. The van der Waals surface area contributed by atoms with Gasteiger partial charge in [0.1, 0.15) is 10.7 Å². The number of aromatic nitrogens is 2. The first kappa shape index (κ1) is 15.8. The van der Waals surface area contributed by atoms with Crippen LogP contribution in [-0.4, -0.2) is 46.5 Å². The van der Waals surface area contributed by atoms with Crippen LogP contribution in [0.5, 0.6) is 0 Å². The quantitative estimate of drug-likeness (QED) is 0.896. The molecule has 2 aromatic rings. The standard InChI is InChI=1S/C17H22N4O2S/c1-10-13-15(19-12-6-4-8-21(12)16(13)22)24-14(10)17(23)20-7-3-5-11(9-20)18-2/h11,18H,3-9H2,1-2H3. The Morgan fingerprint density at radius 3 is 2.96 bits per heavy atom. The van der Waals surface area contributed by atoms with Gasteiger partial charge in [0.2, 0.25) is 0 Å². The summed E-state index contributed by atoms with van der Waals surface area (Å²) in [6, 6.07) is 0.352. The van der Waals surface area contributed by atoms with Gasteiger partial charge < -0.3 is 10.2 Å². The first-order chi connectivity index (χ1) is 11.6. The van der Waals surface area contributed by atoms with Gasteiger partial charge >= 0.3 is 0 Å². The van der Waals surface area contributed by atoms with Crippen molar-refractivity contribution in [3.8, 4) is 0 Å². The maximum absolute atomic E-state index is 13.0. The van der Waals surface area contributed by atoms with Gasteiger partial charge in [-0.2, -0.15) is 0 Å². The first-order valence-corrected chi connectivity index (χ1v) is 9.41. The van der Waals surface area contributed by atoms with Gasteiger partial charge in [-0.1, -0.05) is 0 Å². The topological polar surface area (TPSA) is 67.2 Å². The molecule has 2 aliphatic rings. The van der Waals surface area contributed by atoms with Crippen molar-refractivity contribution in [2.45, 2.75) is 45.2 Å². The highest BCUT2D eigenvalue weighted by atomic mass is 32.1. The number of rotatable bonds is 2. The zero-order chi connectivity index (χ0) is 16.8. The Kier molecular flexibility index (Phi) is 3.92. The number of hydrogen-bond acceptors (Lipinski definition) is 5. The van der Waals surface area contributed by atoms with Gasteiger partial charge in [-0.25, -0.2) is 4.98 Å². The largest absolute Gasteiger partial charge is 0.336 e. The monoisotopic (exact) mass is 346 g/mol. The molecule has 1 fully saturated rings. The van der Waals surface area contributed by atoms with Gasteiger partial charge in [-0.05, 0) is 38.8 Å².